The van der Waals surface area contributed by atoms with Crippen molar-refractivity contribution in [3.63, 3.8) is 0 Å². The maximum Gasteiger partial charge on any atom is 0.195 e. The summed E-state index contributed by atoms with van der Waals surface area (Å²) in [6.45, 7) is 0. The lowest BCUT2D eigenvalue weighted by Gasteiger charge is -2.07. The van der Waals surface area contributed by atoms with Crippen molar-refractivity contribution in [3.05, 3.63) is 66.0 Å². The summed E-state index contributed by atoms with van der Waals surface area (Å²) in [5, 5.41) is 17.9. The standard InChI is InChI=1S/C17H14N4OS/c1-22-16-7-5-15(6-8-16)21-12-19-20-17(21)23-11-14-4-2-3-13(9-14)10-18/h2-9,12H,11H2,1H3. The number of hydrogen-bond acceptors (Lipinski definition) is 5. The maximum atomic E-state index is 8.96. The molecular weight excluding hydrogens is 308 g/mol. The highest BCUT2D eigenvalue weighted by Crippen LogP contribution is 2.24. The molecule has 0 fully saturated rings. The highest BCUT2D eigenvalue weighted by Gasteiger charge is 2.08. The van der Waals surface area contributed by atoms with Gasteiger partial charge in [0.05, 0.1) is 18.7 Å². The Morgan fingerprint density at radius 3 is 2.78 bits per heavy atom. The zero-order valence-corrected chi connectivity index (χ0v) is 13.3. The van der Waals surface area contributed by atoms with E-state index in [2.05, 4.69) is 16.3 Å². The Morgan fingerprint density at radius 2 is 2.04 bits per heavy atom. The van der Waals surface area contributed by atoms with E-state index >= 15 is 0 Å². The number of nitriles is 1. The fraction of sp³-hybridized carbons (Fsp3) is 0.118. The normalized spacial score (nSPS) is 10.3. The van der Waals surface area contributed by atoms with Crippen LogP contribution in [-0.4, -0.2) is 21.9 Å². The lowest BCUT2D eigenvalue weighted by molar-refractivity contribution is 0.414. The monoisotopic (exact) mass is 322 g/mol. The van der Waals surface area contributed by atoms with Gasteiger partial charge < -0.3 is 4.74 Å². The SMILES string of the molecule is COc1ccc(-n2cnnc2SCc2cccc(C#N)c2)cc1. The van der Waals surface area contributed by atoms with Gasteiger partial charge in [0.25, 0.3) is 0 Å². The van der Waals surface area contributed by atoms with Gasteiger partial charge in [0.2, 0.25) is 0 Å². The summed E-state index contributed by atoms with van der Waals surface area (Å²) in [4.78, 5) is 0. The molecule has 0 amide bonds. The van der Waals surface area contributed by atoms with E-state index in [1.807, 2.05) is 47.0 Å². The number of methoxy groups -OCH3 is 1. The predicted molar refractivity (Wildman–Crippen MR) is 88.6 cm³/mol. The summed E-state index contributed by atoms with van der Waals surface area (Å²) < 4.78 is 7.10. The van der Waals surface area contributed by atoms with Crippen LogP contribution in [0.4, 0.5) is 0 Å². The smallest absolute Gasteiger partial charge is 0.195 e. The van der Waals surface area contributed by atoms with Crippen molar-refractivity contribution >= 4 is 11.8 Å². The van der Waals surface area contributed by atoms with Gasteiger partial charge in [-0.15, -0.1) is 10.2 Å². The lowest BCUT2D eigenvalue weighted by atomic mass is 10.2. The number of benzene rings is 2. The molecular formula is C17H14N4OS. The van der Waals surface area contributed by atoms with Gasteiger partial charge in [-0.2, -0.15) is 5.26 Å². The average molecular weight is 322 g/mol. The largest absolute Gasteiger partial charge is 0.497 e. The summed E-state index contributed by atoms with van der Waals surface area (Å²) >= 11 is 1.58. The van der Waals surface area contributed by atoms with E-state index in [9.17, 15) is 0 Å². The molecule has 0 aliphatic heterocycles. The first-order chi connectivity index (χ1) is 11.3. The molecule has 0 N–H and O–H groups in total. The van der Waals surface area contributed by atoms with Crippen molar-refractivity contribution in [1.29, 1.82) is 5.26 Å². The summed E-state index contributed by atoms with van der Waals surface area (Å²) in [6, 6.07) is 17.5. The molecule has 1 aromatic heterocycles. The molecule has 0 aliphatic carbocycles. The van der Waals surface area contributed by atoms with Crippen molar-refractivity contribution in [3.8, 4) is 17.5 Å². The van der Waals surface area contributed by atoms with E-state index in [4.69, 9.17) is 10.00 Å². The topological polar surface area (TPSA) is 63.7 Å². The van der Waals surface area contributed by atoms with Crippen LogP contribution in [0, 0.1) is 11.3 Å². The van der Waals surface area contributed by atoms with E-state index in [1.54, 1.807) is 31.3 Å². The van der Waals surface area contributed by atoms with E-state index in [1.165, 1.54) is 0 Å². The number of aromatic nitrogens is 3. The third-order valence-electron chi connectivity index (χ3n) is 3.29. The number of hydrogen-bond donors (Lipinski definition) is 0. The third kappa shape index (κ3) is 3.52. The minimum atomic E-state index is 0.666. The molecule has 0 saturated carbocycles. The molecule has 0 spiro atoms. The van der Waals surface area contributed by atoms with E-state index < -0.39 is 0 Å². The summed E-state index contributed by atoms with van der Waals surface area (Å²) in [5.74, 6) is 1.54. The first-order valence-corrected chi connectivity index (χ1v) is 7.95. The van der Waals surface area contributed by atoms with Crippen LogP contribution in [0.25, 0.3) is 5.69 Å². The molecule has 0 aliphatic rings. The molecule has 23 heavy (non-hydrogen) atoms. The van der Waals surface area contributed by atoms with Crippen molar-refractivity contribution in [2.45, 2.75) is 10.9 Å². The van der Waals surface area contributed by atoms with Crippen LogP contribution >= 0.6 is 11.8 Å². The van der Waals surface area contributed by atoms with Gasteiger partial charge >= 0.3 is 0 Å². The second-order valence-corrected chi connectivity index (χ2v) is 5.72. The maximum absolute atomic E-state index is 8.96. The van der Waals surface area contributed by atoms with Gasteiger partial charge in [-0.25, -0.2) is 0 Å². The Kier molecular flexibility index (Phi) is 4.60. The van der Waals surface area contributed by atoms with Crippen LogP contribution < -0.4 is 4.74 Å². The van der Waals surface area contributed by atoms with Gasteiger partial charge in [0, 0.05) is 11.4 Å². The lowest BCUT2D eigenvalue weighted by Crippen LogP contribution is -1.95. The highest BCUT2D eigenvalue weighted by atomic mass is 32.2. The van der Waals surface area contributed by atoms with Gasteiger partial charge in [0.1, 0.15) is 12.1 Å². The fourth-order valence-electron chi connectivity index (χ4n) is 2.12. The molecule has 6 heteroatoms. The van der Waals surface area contributed by atoms with E-state index in [0.29, 0.717) is 5.56 Å². The van der Waals surface area contributed by atoms with Crippen LogP contribution in [0.2, 0.25) is 0 Å². The van der Waals surface area contributed by atoms with Crippen LogP contribution in [0.3, 0.4) is 0 Å². The van der Waals surface area contributed by atoms with Crippen molar-refractivity contribution in [1.82, 2.24) is 14.8 Å². The van der Waals surface area contributed by atoms with Gasteiger partial charge in [0.15, 0.2) is 5.16 Å². The van der Waals surface area contributed by atoms with Crippen LogP contribution in [-0.2, 0) is 5.75 Å². The Morgan fingerprint density at radius 1 is 1.22 bits per heavy atom. The molecule has 0 atom stereocenters. The highest BCUT2D eigenvalue weighted by molar-refractivity contribution is 7.98. The molecule has 5 nitrogen and oxygen atoms in total. The quantitative estimate of drug-likeness (QED) is 0.673. The molecule has 0 saturated heterocycles. The first kappa shape index (κ1) is 15.1. The molecule has 2 aromatic carbocycles. The fourth-order valence-corrected chi connectivity index (χ4v) is 2.99. The third-order valence-corrected chi connectivity index (χ3v) is 4.31. The Bertz CT molecular complexity index is 836. The zero-order valence-electron chi connectivity index (χ0n) is 12.5. The molecule has 0 radical (unpaired) electrons. The second-order valence-electron chi connectivity index (χ2n) is 4.78. The van der Waals surface area contributed by atoms with Gasteiger partial charge in [-0.05, 0) is 42.0 Å². The van der Waals surface area contributed by atoms with E-state index in [-0.39, 0.29) is 0 Å². The summed E-state index contributed by atoms with van der Waals surface area (Å²) in [5.41, 5.74) is 2.72. The minimum absolute atomic E-state index is 0.666. The summed E-state index contributed by atoms with van der Waals surface area (Å²) in [7, 11) is 1.64. The number of rotatable bonds is 5. The van der Waals surface area contributed by atoms with Crippen LogP contribution in [0.15, 0.2) is 60.0 Å². The first-order valence-electron chi connectivity index (χ1n) is 6.96. The van der Waals surface area contributed by atoms with E-state index in [0.717, 1.165) is 27.9 Å². The Balaban J connectivity index is 1.76. The van der Waals surface area contributed by atoms with Gasteiger partial charge in [-0.1, -0.05) is 23.9 Å². The summed E-state index contributed by atoms with van der Waals surface area (Å²) in [6.07, 6.45) is 1.69. The van der Waals surface area contributed by atoms with Crippen molar-refractivity contribution < 1.29 is 4.74 Å². The molecule has 3 rings (SSSR count). The zero-order chi connectivity index (χ0) is 16.1. The molecule has 0 bridgehead atoms. The Hall–Kier alpha value is -2.78. The number of thioether (sulfide) groups is 1. The number of nitrogens with zero attached hydrogens (tertiary/aromatic N) is 4. The number of ether oxygens (including phenoxy) is 1. The predicted octanol–water partition coefficient (Wildman–Crippen LogP) is 3.44. The van der Waals surface area contributed by atoms with Crippen LogP contribution in [0.5, 0.6) is 5.75 Å². The molecule has 3 aromatic rings. The second kappa shape index (κ2) is 6.99. The van der Waals surface area contributed by atoms with Crippen molar-refractivity contribution in [2.24, 2.45) is 0 Å². The average Bonchev–Trinajstić information content (AvgIpc) is 3.09. The van der Waals surface area contributed by atoms with Crippen LogP contribution in [0.1, 0.15) is 11.1 Å². The molecule has 0 unspecified atom stereocenters. The Labute approximate surface area is 138 Å². The molecule has 1 heterocycles. The molecule has 114 valence electrons. The van der Waals surface area contributed by atoms with Gasteiger partial charge in [-0.3, -0.25) is 4.57 Å². The minimum Gasteiger partial charge on any atom is -0.497 e. The van der Waals surface area contributed by atoms with Crippen molar-refractivity contribution in [2.75, 3.05) is 7.11 Å².